The molecular formula is C34H43N3O4. The molecule has 41 heavy (non-hydrogen) atoms. The second kappa shape index (κ2) is 15.3. The van der Waals surface area contributed by atoms with Crippen molar-refractivity contribution in [1.82, 2.24) is 16.0 Å². The predicted molar refractivity (Wildman–Crippen MR) is 165 cm³/mol. The lowest BCUT2D eigenvalue weighted by atomic mass is 9.89. The Kier molecular flexibility index (Phi) is 11.8. The van der Waals surface area contributed by atoms with E-state index in [0.29, 0.717) is 25.1 Å². The molecule has 2 atom stereocenters. The third kappa shape index (κ3) is 9.66. The Morgan fingerprint density at radius 3 is 2.44 bits per heavy atom. The van der Waals surface area contributed by atoms with Crippen LogP contribution in [-0.4, -0.2) is 49.4 Å². The summed E-state index contributed by atoms with van der Waals surface area (Å²) in [6.45, 7) is 8.71. The smallest absolute Gasteiger partial charge is 0.244 e. The highest BCUT2D eigenvalue weighted by Crippen LogP contribution is 2.29. The molecule has 0 fully saturated rings. The monoisotopic (exact) mass is 557 g/mol. The second-order valence-electron chi connectivity index (χ2n) is 11.1. The Labute approximate surface area is 243 Å². The molecule has 3 rings (SSSR count). The van der Waals surface area contributed by atoms with Crippen LogP contribution in [0.5, 0.6) is 0 Å². The van der Waals surface area contributed by atoms with E-state index in [1.54, 1.807) is 20.1 Å². The number of ketones is 1. The number of nitrogens with one attached hydrogen (secondary N) is 3. The Bertz CT molecular complexity index is 1360. The van der Waals surface area contributed by atoms with E-state index in [2.05, 4.69) is 53.2 Å². The first-order chi connectivity index (χ1) is 19.6. The van der Waals surface area contributed by atoms with Crippen LogP contribution in [0.4, 0.5) is 0 Å². The largest absolute Gasteiger partial charge is 0.382 e. The Hall–Kier alpha value is -3.81. The van der Waals surface area contributed by atoms with Crippen molar-refractivity contribution in [2.45, 2.75) is 64.6 Å². The minimum Gasteiger partial charge on any atom is -0.382 e. The molecule has 0 aliphatic rings. The van der Waals surface area contributed by atoms with Crippen LogP contribution < -0.4 is 16.0 Å². The van der Waals surface area contributed by atoms with Gasteiger partial charge in [0.2, 0.25) is 11.8 Å². The number of hydrogen-bond acceptors (Lipinski definition) is 5. The molecule has 0 spiro atoms. The van der Waals surface area contributed by atoms with Crippen LogP contribution >= 0.6 is 0 Å². The van der Waals surface area contributed by atoms with Crippen LogP contribution in [0.1, 0.15) is 67.9 Å². The third-order valence-electron chi connectivity index (χ3n) is 7.10. The van der Waals surface area contributed by atoms with Crippen LogP contribution in [0.2, 0.25) is 0 Å². The fourth-order valence-corrected chi connectivity index (χ4v) is 4.88. The average Bonchev–Trinajstić information content (AvgIpc) is 2.96. The predicted octanol–water partition coefficient (Wildman–Crippen LogP) is 5.30. The molecule has 0 aliphatic heterocycles. The van der Waals surface area contributed by atoms with Crippen molar-refractivity contribution >= 4 is 28.4 Å². The summed E-state index contributed by atoms with van der Waals surface area (Å²) in [5, 5.41) is 11.3. The zero-order chi connectivity index (χ0) is 29.8. The van der Waals surface area contributed by atoms with E-state index in [0.717, 1.165) is 12.0 Å². The van der Waals surface area contributed by atoms with Gasteiger partial charge in [0.1, 0.15) is 0 Å². The number of benzene rings is 3. The Morgan fingerprint density at radius 2 is 1.66 bits per heavy atom. The Morgan fingerprint density at radius 1 is 0.951 bits per heavy atom. The van der Waals surface area contributed by atoms with Gasteiger partial charge in [0.15, 0.2) is 5.78 Å². The van der Waals surface area contributed by atoms with Crippen LogP contribution in [0, 0.1) is 0 Å². The standard InChI is InChI=1S/C34H43N3O4/c1-24(28-17-10-14-26-12-6-8-15-29(26)28)19-20-31(38)30-16-9-7-13-27(30)22-36-33(40)25(2)35-21-11-18-32(39)37-34(3,4)23-41-5/h6-18,24-25,35H,19-23H2,1-5H3,(H,36,40)(H,37,39)/b18-11+. The fraction of sp³-hybridized carbons (Fsp3) is 0.382. The molecule has 0 bridgehead atoms. The highest BCUT2D eigenvalue weighted by Gasteiger charge is 2.19. The zero-order valence-electron chi connectivity index (χ0n) is 24.8. The number of ether oxygens (including phenoxy) is 1. The van der Waals surface area contributed by atoms with E-state index in [1.807, 2.05) is 50.2 Å². The number of fused-ring (bicyclic) bond motifs is 1. The number of Topliss-reactive ketones (excluding diaryl/α,β-unsaturated/α-hetero) is 1. The number of hydrogen-bond donors (Lipinski definition) is 3. The maximum atomic E-state index is 13.2. The van der Waals surface area contributed by atoms with E-state index >= 15 is 0 Å². The molecular weight excluding hydrogens is 514 g/mol. The number of rotatable bonds is 15. The van der Waals surface area contributed by atoms with Crippen molar-refractivity contribution in [1.29, 1.82) is 0 Å². The molecule has 3 aromatic rings. The first kappa shape index (κ1) is 31.7. The van der Waals surface area contributed by atoms with Crippen molar-refractivity contribution in [3.63, 3.8) is 0 Å². The number of carbonyl (C=O) groups is 3. The lowest BCUT2D eigenvalue weighted by molar-refractivity contribution is -0.122. The highest BCUT2D eigenvalue weighted by atomic mass is 16.5. The summed E-state index contributed by atoms with van der Waals surface area (Å²) >= 11 is 0. The van der Waals surface area contributed by atoms with E-state index in [4.69, 9.17) is 4.74 Å². The third-order valence-corrected chi connectivity index (χ3v) is 7.10. The molecule has 0 aromatic heterocycles. The van der Waals surface area contributed by atoms with E-state index in [9.17, 15) is 14.4 Å². The summed E-state index contributed by atoms with van der Waals surface area (Å²) in [5.41, 5.74) is 2.22. The van der Waals surface area contributed by atoms with Gasteiger partial charge in [-0.25, -0.2) is 0 Å². The van der Waals surface area contributed by atoms with Gasteiger partial charge >= 0.3 is 0 Å². The summed E-state index contributed by atoms with van der Waals surface area (Å²) in [4.78, 5) is 38.0. The molecule has 7 heteroatoms. The molecule has 3 N–H and O–H groups in total. The van der Waals surface area contributed by atoms with Gasteiger partial charge in [0, 0.05) is 38.3 Å². The lowest BCUT2D eigenvalue weighted by Crippen LogP contribution is -2.46. The molecule has 0 heterocycles. The van der Waals surface area contributed by atoms with Crippen molar-refractivity contribution in [2.75, 3.05) is 20.3 Å². The maximum Gasteiger partial charge on any atom is 0.244 e. The number of carbonyl (C=O) groups excluding carboxylic acids is 3. The van der Waals surface area contributed by atoms with Crippen molar-refractivity contribution < 1.29 is 19.1 Å². The molecule has 0 saturated heterocycles. The van der Waals surface area contributed by atoms with Crippen molar-refractivity contribution in [3.8, 4) is 0 Å². The minimum absolute atomic E-state index is 0.0743. The molecule has 0 radical (unpaired) electrons. The summed E-state index contributed by atoms with van der Waals surface area (Å²) in [7, 11) is 1.59. The van der Waals surface area contributed by atoms with E-state index < -0.39 is 11.6 Å². The average molecular weight is 558 g/mol. The van der Waals surface area contributed by atoms with Gasteiger partial charge in [0.25, 0.3) is 0 Å². The molecule has 7 nitrogen and oxygen atoms in total. The maximum absolute atomic E-state index is 13.2. The van der Waals surface area contributed by atoms with Crippen LogP contribution in [0.15, 0.2) is 78.9 Å². The quantitative estimate of drug-likeness (QED) is 0.174. The summed E-state index contributed by atoms with van der Waals surface area (Å²) in [5.74, 6) is -0.0966. The highest BCUT2D eigenvalue weighted by molar-refractivity contribution is 5.97. The van der Waals surface area contributed by atoms with Gasteiger partial charge in [-0.2, -0.15) is 0 Å². The number of amides is 2. The van der Waals surface area contributed by atoms with E-state index in [1.165, 1.54) is 22.4 Å². The lowest BCUT2D eigenvalue weighted by Gasteiger charge is -2.24. The fourth-order valence-electron chi connectivity index (χ4n) is 4.88. The van der Waals surface area contributed by atoms with Crippen molar-refractivity contribution in [3.05, 3.63) is 95.6 Å². The van der Waals surface area contributed by atoms with Gasteiger partial charge in [-0.1, -0.05) is 79.7 Å². The van der Waals surface area contributed by atoms with Gasteiger partial charge in [-0.15, -0.1) is 0 Å². The molecule has 2 unspecified atom stereocenters. The van der Waals surface area contributed by atoms with Crippen LogP contribution in [0.25, 0.3) is 10.8 Å². The van der Waals surface area contributed by atoms with Crippen LogP contribution in [0.3, 0.4) is 0 Å². The minimum atomic E-state index is -0.475. The normalized spacial score (nSPS) is 13.2. The van der Waals surface area contributed by atoms with E-state index in [-0.39, 0.29) is 30.1 Å². The van der Waals surface area contributed by atoms with Gasteiger partial charge < -0.3 is 20.7 Å². The first-order valence-corrected chi connectivity index (χ1v) is 14.2. The summed E-state index contributed by atoms with van der Waals surface area (Å²) < 4.78 is 5.10. The molecule has 3 aromatic carbocycles. The Balaban J connectivity index is 1.49. The van der Waals surface area contributed by atoms with Crippen molar-refractivity contribution in [2.24, 2.45) is 0 Å². The van der Waals surface area contributed by atoms with Crippen LogP contribution in [-0.2, 0) is 20.9 Å². The summed E-state index contributed by atoms with van der Waals surface area (Å²) in [6, 6.07) is 21.6. The van der Waals surface area contributed by atoms with Gasteiger partial charge in [-0.3, -0.25) is 14.4 Å². The second-order valence-corrected chi connectivity index (χ2v) is 11.1. The SMILES string of the molecule is COCC(C)(C)NC(=O)/C=C/CNC(C)C(=O)NCc1ccccc1C(=O)CCC(C)c1cccc2ccccc12. The van der Waals surface area contributed by atoms with Gasteiger partial charge in [0.05, 0.1) is 18.2 Å². The molecule has 218 valence electrons. The summed E-state index contributed by atoms with van der Waals surface area (Å²) in [6.07, 6.45) is 4.28. The molecule has 2 amide bonds. The number of methoxy groups -OCH3 is 1. The van der Waals surface area contributed by atoms with Gasteiger partial charge in [-0.05, 0) is 55.0 Å². The molecule has 0 aliphatic carbocycles. The molecule has 0 saturated carbocycles. The first-order valence-electron chi connectivity index (χ1n) is 14.2. The topological polar surface area (TPSA) is 96.5 Å². The zero-order valence-corrected chi connectivity index (χ0v) is 24.8.